The van der Waals surface area contributed by atoms with Crippen molar-refractivity contribution in [2.24, 2.45) is 0 Å². The fourth-order valence-electron chi connectivity index (χ4n) is 2.76. The van der Waals surface area contributed by atoms with Crippen LogP contribution < -0.4 is 10.6 Å². The zero-order chi connectivity index (χ0) is 10.1. The summed E-state index contributed by atoms with van der Waals surface area (Å²) in [5, 5.41) is 7.24. The molecule has 0 aliphatic carbocycles. The van der Waals surface area contributed by atoms with Crippen molar-refractivity contribution in [2.45, 2.75) is 72.0 Å². The summed E-state index contributed by atoms with van der Waals surface area (Å²) in [7, 11) is 0. The summed E-state index contributed by atoms with van der Waals surface area (Å²) in [6, 6.07) is 0.677. The van der Waals surface area contributed by atoms with Crippen molar-refractivity contribution < 1.29 is 1.43 Å². The Balaban J connectivity index is 0. The van der Waals surface area contributed by atoms with E-state index in [1.807, 2.05) is 0 Å². The van der Waals surface area contributed by atoms with Gasteiger partial charge in [-0.05, 0) is 47.1 Å². The maximum Gasteiger partial charge on any atom is 0.0144 e. The van der Waals surface area contributed by atoms with Crippen molar-refractivity contribution in [1.29, 1.82) is 0 Å². The molecule has 88 valence electrons. The lowest BCUT2D eigenvalue weighted by Crippen LogP contribution is -2.61. The van der Waals surface area contributed by atoms with Crippen LogP contribution in [0.15, 0.2) is 0 Å². The molecule has 2 nitrogen and oxygen atoms in total. The molecule has 0 aromatic heterocycles. The van der Waals surface area contributed by atoms with Crippen molar-refractivity contribution in [3.05, 3.63) is 0 Å². The van der Waals surface area contributed by atoms with Gasteiger partial charge in [-0.1, -0.05) is 14.4 Å². The molecule has 0 unspecified atom stereocenters. The summed E-state index contributed by atoms with van der Waals surface area (Å²) >= 11 is 0. The summed E-state index contributed by atoms with van der Waals surface area (Å²) < 4.78 is 0. The lowest BCUT2D eigenvalue weighted by atomic mass is 9.79. The van der Waals surface area contributed by atoms with Gasteiger partial charge in [0.15, 0.2) is 0 Å². The van der Waals surface area contributed by atoms with Gasteiger partial charge in [0, 0.05) is 18.5 Å². The molecule has 1 fully saturated rings. The Morgan fingerprint density at radius 3 is 2.00 bits per heavy atom. The van der Waals surface area contributed by atoms with Gasteiger partial charge in [-0.3, -0.25) is 0 Å². The highest BCUT2D eigenvalue weighted by molar-refractivity contribution is 4.99. The van der Waals surface area contributed by atoms with Crippen molar-refractivity contribution in [3.63, 3.8) is 0 Å². The average Bonchev–Trinajstić information content (AvgIpc) is 1.78. The van der Waals surface area contributed by atoms with Crippen LogP contribution in [0.3, 0.4) is 0 Å². The molecular formula is C12H30N2. The molecule has 0 bridgehead atoms. The van der Waals surface area contributed by atoms with E-state index in [-0.39, 0.29) is 19.9 Å². The molecule has 0 aromatic rings. The fourth-order valence-corrected chi connectivity index (χ4v) is 2.76. The molecule has 1 aliphatic heterocycles. The van der Waals surface area contributed by atoms with Gasteiger partial charge in [-0.25, -0.2) is 0 Å². The fraction of sp³-hybridized carbons (Fsp3) is 1.00. The third-order valence-electron chi connectivity index (χ3n) is 2.68. The second-order valence-electron chi connectivity index (χ2n) is 5.56. The standard InChI is InChI=1S/C11H24N2.CH4.H2/c1-6-12-9-7-10(2,3)13-11(4,5)8-9;;/h9,12-13H,6-8H2,1-5H3;1H4;1H. The number of nitrogens with one attached hydrogen (secondary N) is 2. The second kappa shape index (κ2) is 4.63. The third kappa shape index (κ3) is 3.97. The minimum atomic E-state index is 0. The molecule has 0 radical (unpaired) electrons. The van der Waals surface area contributed by atoms with Crippen LogP contribution in [0.2, 0.25) is 0 Å². The van der Waals surface area contributed by atoms with Gasteiger partial charge in [-0.2, -0.15) is 0 Å². The summed E-state index contributed by atoms with van der Waals surface area (Å²) in [5.74, 6) is 0. The minimum absolute atomic E-state index is 0. The molecule has 1 saturated heterocycles. The molecule has 1 rings (SSSR count). The van der Waals surface area contributed by atoms with Gasteiger partial charge in [0.2, 0.25) is 0 Å². The number of hydrogen-bond donors (Lipinski definition) is 2. The summed E-state index contributed by atoms with van der Waals surface area (Å²) in [4.78, 5) is 0. The van der Waals surface area contributed by atoms with Gasteiger partial charge in [0.25, 0.3) is 0 Å². The van der Waals surface area contributed by atoms with E-state index in [1.165, 1.54) is 12.8 Å². The maximum atomic E-state index is 3.68. The van der Waals surface area contributed by atoms with E-state index in [9.17, 15) is 0 Å². The lowest BCUT2D eigenvalue weighted by Gasteiger charge is -2.46. The highest BCUT2D eigenvalue weighted by Crippen LogP contribution is 2.28. The molecule has 0 atom stereocenters. The van der Waals surface area contributed by atoms with E-state index in [4.69, 9.17) is 0 Å². The first-order valence-electron chi connectivity index (χ1n) is 5.37. The van der Waals surface area contributed by atoms with Crippen molar-refractivity contribution in [2.75, 3.05) is 6.54 Å². The largest absolute Gasteiger partial charge is 0.314 e. The van der Waals surface area contributed by atoms with E-state index >= 15 is 0 Å². The molecule has 14 heavy (non-hydrogen) atoms. The Labute approximate surface area is 91.3 Å². The number of hydrogen-bond acceptors (Lipinski definition) is 2. The normalized spacial score (nSPS) is 25.5. The van der Waals surface area contributed by atoms with Crippen molar-refractivity contribution in [1.82, 2.24) is 10.6 Å². The Hall–Kier alpha value is -0.0800. The van der Waals surface area contributed by atoms with E-state index in [2.05, 4.69) is 45.3 Å². The van der Waals surface area contributed by atoms with E-state index in [0.29, 0.717) is 6.04 Å². The molecule has 1 aliphatic rings. The van der Waals surface area contributed by atoms with E-state index in [0.717, 1.165) is 6.54 Å². The van der Waals surface area contributed by atoms with Crippen LogP contribution in [-0.4, -0.2) is 23.7 Å². The molecule has 0 spiro atoms. The first kappa shape index (κ1) is 13.9. The van der Waals surface area contributed by atoms with Crippen LogP contribution >= 0.6 is 0 Å². The Morgan fingerprint density at radius 1 is 1.21 bits per heavy atom. The van der Waals surface area contributed by atoms with Crippen LogP contribution in [0.1, 0.15) is 56.3 Å². The zero-order valence-electron chi connectivity index (χ0n) is 9.70. The summed E-state index contributed by atoms with van der Waals surface area (Å²) in [6.07, 6.45) is 2.45. The highest BCUT2D eigenvalue weighted by Gasteiger charge is 2.36. The minimum Gasteiger partial charge on any atom is -0.314 e. The molecule has 2 N–H and O–H groups in total. The smallest absolute Gasteiger partial charge is 0.0144 e. The topological polar surface area (TPSA) is 24.1 Å². The first-order valence-corrected chi connectivity index (χ1v) is 5.37. The third-order valence-corrected chi connectivity index (χ3v) is 2.68. The number of rotatable bonds is 2. The predicted octanol–water partition coefficient (Wildman–Crippen LogP) is 2.79. The van der Waals surface area contributed by atoms with Gasteiger partial charge in [-0.15, -0.1) is 0 Å². The Kier molecular flexibility index (Phi) is 4.60. The second-order valence-corrected chi connectivity index (χ2v) is 5.56. The quantitative estimate of drug-likeness (QED) is 0.719. The Bertz CT molecular complexity index is 162. The highest BCUT2D eigenvalue weighted by atomic mass is 15.1. The average molecular weight is 202 g/mol. The SMILES string of the molecule is C.CCNC1CC(C)(C)NC(C)(C)C1.[HH]. The van der Waals surface area contributed by atoms with Gasteiger partial charge >= 0.3 is 0 Å². The molecule has 0 amide bonds. The Morgan fingerprint density at radius 2 is 1.64 bits per heavy atom. The molecule has 1 heterocycles. The van der Waals surface area contributed by atoms with Gasteiger partial charge in [0.1, 0.15) is 0 Å². The zero-order valence-corrected chi connectivity index (χ0v) is 9.70. The van der Waals surface area contributed by atoms with Crippen LogP contribution in [-0.2, 0) is 0 Å². The molecule has 0 saturated carbocycles. The van der Waals surface area contributed by atoms with Crippen molar-refractivity contribution >= 4 is 0 Å². The molecule has 0 aromatic carbocycles. The van der Waals surface area contributed by atoms with Crippen LogP contribution in [0.25, 0.3) is 0 Å². The molecular weight excluding hydrogens is 172 g/mol. The molecule has 2 heteroatoms. The lowest BCUT2D eigenvalue weighted by molar-refractivity contribution is 0.147. The summed E-state index contributed by atoms with van der Waals surface area (Å²) in [6.45, 7) is 12.4. The van der Waals surface area contributed by atoms with E-state index < -0.39 is 0 Å². The van der Waals surface area contributed by atoms with Crippen LogP contribution in [0.5, 0.6) is 0 Å². The monoisotopic (exact) mass is 202 g/mol. The van der Waals surface area contributed by atoms with Gasteiger partial charge in [0.05, 0.1) is 0 Å². The predicted molar refractivity (Wildman–Crippen MR) is 66.8 cm³/mol. The maximum absolute atomic E-state index is 3.68. The van der Waals surface area contributed by atoms with Crippen LogP contribution in [0, 0.1) is 0 Å². The van der Waals surface area contributed by atoms with Crippen LogP contribution in [0.4, 0.5) is 0 Å². The number of piperidine rings is 1. The summed E-state index contributed by atoms with van der Waals surface area (Å²) in [5.41, 5.74) is 0.545. The van der Waals surface area contributed by atoms with E-state index in [1.54, 1.807) is 0 Å². The first-order chi connectivity index (χ1) is 5.85. The van der Waals surface area contributed by atoms with Gasteiger partial charge < -0.3 is 10.6 Å². The van der Waals surface area contributed by atoms with Crippen molar-refractivity contribution in [3.8, 4) is 0 Å².